The summed E-state index contributed by atoms with van der Waals surface area (Å²) in [5.74, 6) is 0.670. The van der Waals surface area contributed by atoms with Gasteiger partial charge in [-0.25, -0.2) is 0 Å². The number of rotatable bonds is 4. The number of nitrogens with zero attached hydrogens (tertiary/aromatic N) is 1. The second-order valence-electron chi connectivity index (χ2n) is 2.89. The van der Waals surface area contributed by atoms with Crippen LogP contribution in [0.2, 0.25) is 0 Å². The van der Waals surface area contributed by atoms with E-state index in [0.29, 0.717) is 5.92 Å². The van der Waals surface area contributed by atoms with E-state index in [1.165, 1.54) is 0 Å². The molecule has 0 aliphatic carbocycles. The summed E-state index contributed by atoms with van der Waals surface area (Å²) in [6.45, 7) is 9.96. The highest BCUT2D eigenvalue weighted by Gasteiger charge is 1.96. The van der Waals surface area contributed by atoms with Crippen molar-refractivity contribution in [2.24, 2.45) is 10.9 Å². The molecule has 0 saturated heterocycles. The second kappa shape index (κ2) is 5.90. The molecule has 0 aromatic rings. The van der Waals surface area contributed by atoms with E-state index < -0.39 is 0 Å². The summed E-state index contributed by atoms with van der Waals surface area (Å²) in [4.78, 5) is 4.22. The van der Waals surface area contributed by atoms with Crippen LogP contribution >= 0.6 is 0 Å². The zero-order chi connectivity index (χ0) is 8.69. The fourth-order valence-electron chi connectivity index (χ4n) is 0.812. The first-order valence-corrected chi connectivity index (χ1v) is 4.01. The minimum Gasteiger partial charge on any atom is -0.262 e. The lowest BCUT2D eigenvalue weighted by molar-refractivity contribution is 0.638. The molecule has 0 radical (unpaired) electrons. The van der Waals surface area contributed by atoms with Crippen molar-refractivity contribution < 1.29 is 0 Å². The van der Waals surface area contributed by atoms with Crippen LogP contribution < -0.4 is 0 Å². The van der Waals surface area contributed by atoms with Crippen LogP contribution in [0, 0.1) is 5.92 Å². The third-order valence-corrected chi connectivity index (χ3v) is 1.30. The molecule has 0 spiro atoms. The molecule has 0 rings (SSSR count). The van der Waals surface area contributed by atoms with E-state index in [4.69, 9.17) is 0 Å². The van der Waals surface area contributed by atoms with Gasteiger partial charge in [-0.15, -0.1) is 0 Å². The van der Waals surface area contributed by atoms with Gasteiger partial charge in [0.25, 0.3) is 0 Å². The van der Waals surface area contributed by atoms with Gasteiger partial charge in [0.1, 0.15) is 0 Å². The Kier molecular flexibility index (Phi) is 5.44. The minimum atomic E-state index is 0.670. The Morgan fingerprint density at radius 3 is 2.55 bits per heavy atom. The number of hydrogen-bond donors (Lipinski definition) is 0. The lowest BCUT2D eigenvalue weighted by Crippen LogP contribution is -1.88. The van der Waals surface area contributed by atoms with Gasteiger partial charge in [-0.05, 0) is 19.3 Å². The summed E-state index contributed by atoms with van der Waals surface area (Å²) in [7, 11) is 0. The van der Waals surface area contributed by atoms with E-state index in [9.17, 15) is 0 Å². The van der Waals surface area contributed by atoms with Crippen LogP contribution in [0.1, 0.15) is 27.2 Å². The molecule has 0 unspecified atom stereocenters. The maximum Gasteiger partial charge on any atom is 0.0363 e. The fraction of sp³-hybridized carbons (Fsp3) is 0.500. The summed E-state index contributed by atoms with van der Waals surface area (Å²) in [6, 6.07) is 0. The Morgan fingerprint density at radius 1 is 1.55 bits per heavy atom. The molecule has 1 heteroatoms. The van der Waals surface area contributed by atoms with E-state index >= 15 is 0 Å². The maximum absolute atomic E-state index is 4.22. The van der Waals surface area contributed by atoms with Crippen LogP contribution in [0.5, 0.6) is 0 Å². The molecular weight excluding hydrogens is 134 g/mol. The Labute approximate surface area is 69.5 Å². The van der Waals surface area contributed by atoms with Crippen molar-refractivity contribution in [1.29, 1.82) is 0 Å². The zero-order valence-electron chi connectivity index (χ0n) is 7.67. The molecule has 0 saturated carbocycles. The average Bonchev–Trinajstić information content (AvgIpc) is 1.97. The van der Waals surface area contributed by atoms with Gasteiger partial charge < -0.3 is 0 Å². The monoisotopic (exact) mass is 151 g/mol. The Balaban J connectivity index is 3.98. The number of aliphatic imine (C=N–C) groups is 1. The van der Waals surface area contributed by atoms with Gasteiger partial charge in [0.05, 0.1) is 0 Å². The van der Waals surface area contributed by atoms with Gasteiger partial charge in [-0.2, -0.15) is 0 Å². The van der Waals surface area contributed by atoms with Gasteiger partial charge in [0, 0.05) is 11.9 Å². The summed E-state index contributed by atoms with van der Waals surface area (Å²) in [6.07, 6.45) is 6.52. The summed E-state index contributed by atoms with van der Waals surface area (Å²) in [5.41, 5.74) is 1.14. The normalized spacial score (nSPS) is 12.9. The molecule has 0 atom stereocenters. The predicted molar refractivity (Wildman–Crippen MR) is 51.9 cm³/mol. The van der Waals surface area contributed by atoms with Crippen molar-refractivity contribution in [3.8, 4) is 0 Å². The molecule has 11 heavy (non-hydrogen) atoms. The van der Waals surface area contributed by atoms with Crippen molar-refractivity contribution in [2.45, 2.75) is 27.2 Å². The van der Waals surface area contributed by atoms with Crippen LogP contribution in [0.25, 0.3) is 0 Å². The van der Waals surface area contributed by atoms with Gasteiger partial charge in [0.15, 0.2) is 0 Å². The third kappa shape index (κ3) is 5.59. The first kappa shape index (κ1) is 10.2. The fourth-order valence-corrected chi connectivity index (χ4v) is 0.812. The second-order valence-corrected chi connectivity index (χ2v) is 2.89. The summed E-state index contributed by atoms with van der Waals surface area (Å²) in [5, 5.41) is 0. The smallest absolute Gasteiger partial charge is 0.0363 e. The predicted octanol–water partition coefficient (Wildman–Crippen LogP) is 3.19. The largest absolute Gasteiger partial charge is 0.262 e. The highest BCUT2D eigenvalue weighted by Crippen LogP contribution is 2.10. The van der Waals surface area contributed by atoms with Crippen molar-refractivity contribution in [3.63, 3.8) is 0 Å². The average molecular weight is 151 g/mol. The minimum absolute atomic E-state index is 0.670. The van der Waals surface area contributed by atoms with Crippen LogP contribution in [0.3, 0.4) is 0 Å². The van der Waals surface area contributed by atoms with Crippen molar-refractivity contribution in [3.05, 3.63) is 24.4 Å². The Bertz CT molecular complexity index is 164. The maximum atomic E-state index is 4.22. The van der Waals surface area contributed by atoms with Crippen molar-refractivity contribution in [2.75, 3.05) is 0 Å². The lowest BCUT2D eigenvalue weighted by Gasteiger charge is -2.03. The molecule has 0 aliphatic heterocycles. The lowest BCUT2D eigenvalue weighted by atomic mass is 10.1. The third-order valence-electron chi connectivity index (χ3n) is 1.30. The van der Waals surface area contributed by atoms with Gasteiger partial charge in [-0.3, -0.25) is 4.99 Å². The van der Waals surface area contributed by atoms with Crippen LogP contribution in [-0.4, -0.2) is 6.21 Å². The number of allylic oxidation sites excluding steroid dienone is 3. The van der Waals surface area contributed by atoms with Gasteiger partial charge in [0.2, 0.25) is 0 Å². The molecule has 0 aromatic heterocycles. The molecule has 0 heterocycles. The molecule has 0 aromatic carbocycles. The van der Waals surface area contributed by atoms with Crippen LogP contribution in [-0.2, 0) is 0 Å². The van der Waals surface area contributed by atoms with E-state index in [2.05, 4.69) is 25.4 Å². The van der Waals surface area contributed by atoms with E-state index in [1.807, 2.05) is 13.0 Å². The van der Waals surface area contributed by atoms with Crippen LogP contribution in [0.4, 0.5) is 0 Å². The van der Waals surface area contributed by atoms with E-state index in [0.717, 1.165) is 12.1 Å². The first-order valence-electron chi connectivity index (χ1n) is 4.01. The standard InChI is InChI=1S/C10H17N/c1-5-7-11-10(6-2)8-9(3)4/h5-7,9H,1,8H2,2-4H3/b10-6-,11-7?. The van der Waals surface area contributed by atoms with Crippen molar-refractivity contribution in [1.82, 2.24) is 0 Å². The highest BCUT2D eigenvalue weighted by molar-refractivity contribution is 5.71. The quantitative estimate of drug-likeness (QED) is 0.547. The molecule has 0 aliphatic rings. The van der Waals surface area contributed by atoms with Crippen molar-refractivity contribution >= 4 is 6.21 Å². The summed E-state index contributed by atoms with van der Waals surface area (Å²) >= 11 is 0. The molecule has 0 bridgehead atoms. The molecular formula is C10H17N. The van der Waals surface area contributed by atoms with Gasteiger partial charge in [-0.1, -0.05) is 32.6 Å². The zero-order valence-corrected chi connectivity index (χ0v) is 7.67. The molecule has 0 fully saturated rings. The molecule has 1 nitrogen and oxygen atoms in total. The van der Waals surface area contributed by atoms with Gasteiger partial charge >= 0.3 is 0 Å². The Hall–Kier alpha value is -0.850. The molecule has 0 N–H and O–H groups in total. The topological polar surface area (TPSA) is 12.4 Å². The highest BCUT2D eigenvalue weighted by atomic mass is 14.7. The van der Waals surface area contributed by atoms with E-state index in [1.54, 1.807) is 12.3 Å². The van der Waals surface area contributed by atoms with Crippen LogP contribution in [0.15, 0.2) is 29.4 Å². The SMILES string of the molecule is C=CC=N/C(=C\C)CC(C)C. The molecule has 0 amide bonds. The summed E-state index contributed by atoms with van der Waals surface area (Å²) < 4.78 is 0. The molecule has 62 valence electrons. The first-order chi connectivity index (χ1) is 5.20. The van der Waals surface area contributed by atoms with E-state index in [-0.39, 0.29) is 0 Å². The number of hydrogen-bond acceptors (Lipinski definition) is 1. The Morgan fingerprint density at radius 2 is 2.18 bits per heavy atom.